The monoisotopic (exact) mass is 380 g/mol. The van der Waals surface area contributed by atoms with E-state index in [0.717, 1.165) is 19.3 Å². The van der Waals surface area contributed by atoms with E-state index in [0.29, 0.717) is 5.92 Å². The molecule has 144 valence electrons. The van der Waals surface area contributed by atoms with Crippen LogP contribution in [0.3, 0.4) is 0 Å². The molecular weight excluding hydrogens is 348 g/mol. The first-order valence-electron chi connectivity index (χ1n) is 10.2. The van der Waals surface area contributed by atoms with Gasteiger partial charge in [-0.2, -0.15) is 0 Å². The van der Waals surface area contributed by atoms with Gasteiger partial charge in [-0.25, -0.2) is 0 Å². The predicted molar refractivity (Wildman–Crippen MR) is 115 cm³/mol. The lowest BCUT2D eigenvalue weighted by Crippen LogP contribution is -2.53. The molecule has 0 aliphatic heterocycles. The minimum absolute atomic E-state index is 0.00191. The number of carbonyl (C=O) groups excluding carboxylic acids is 1. The van der Waals surface area contributed by atoms with Crippen molar-refractivity contribution >= 4 is 25.7 Å². The molecule has 0 bridgehead atoms. The molecule has 1 unspecified atom stereocenters. The number of aldehydes is 1. The van der Waals surface area contributed by atoms with Crippen LogP contribution in [-0.4, -0.2) is 21.4 Å². The van der Waals surface area contributed by atoms with E-state index >= 15 is 0 Å². The van der Waals surface area contributed by atoms with Crippen molar-refractivity contribution in [1.82, 2.24) is 0 Å². The average molecular weight is 381 g/mol. The molecular formula is C24H32O2Si. The van der Waals surface area contributed by atoms with E-state index in [4.69, 9.17) is 4.43 Å². The molecule has 0 N–H and O–H groups in total. The lowest BCUT2D eigenvalue weighted by Gasteiger charge is -2.43. The van der Waals surface area contributed by atoms with Crippen LogP contribution in [0.5, 0.6) is 0 Å². The maximum atomic E-state index is 11.8. The molecule has 0 saturated heterocycles. The maximum Gasteiger partial charge on any atom is 0.240 e. The first kappa shape index (κ1) is 20.0. The summed E-state index contributed by atoms with van der Waals surface area (Å²) < 4.78 is 7.04. The van der Waals surface area contributed by atoms with Gasteiger partial charge in [-0.15, -0.1) is 0 Å². The van der Waals surface area contributed by atoms with Crippen LogP contribution in [-0.2, 0) is 9.22 Å². The van der Waals surface area contributed by atoms with Gasteiger partial charge in [-0.1, -0.05) is 94.3 Å². The second-order valence-corrected chi connectivity index (χ2v) is 11.2. The molecule has 0 amide bonds. The van der Waals surface area contributed by atoms with Crippen molar-refractivity contribution in [1.29, 1.82) is 0 Å². The topological polar surface area (TPSA) is 26.3 Å². The lowest BCUT2D eigenvalue weighted by molar-refractivity contribution is -0.116. The zero-order valence-corrected chi connectivity index (χ0v) is 18.0. The van der Waals surface area contributed by atoms with Gasteiger partial charge in [0.15, 0.2) is 0 Å². The van der Waals surface area contributed by atoms with Crippen molar-refractivity contribution in [3.63, 3.8) is 0 Å². The van der Waals surface area contributed by atoms with E-state index in [9.17, 15) is 4.79 Å². The van der Waals surface area contributed by atoms with E-state index in [2.05, 4.69) is 81.4 Å². The maximum absolute atomic E-state index is 11.8. The highest BCUT2D eigenvalue weighted by atomic mass is 28.3. The molecule has 0 spiro atoms. The van der Waals surface area contributed by atoms with Gasteiger partial charge >= 0.3 is 0 Å². The molecule has 2 aromatic rings. The van der Waals surface area contributed by atoms with Crippen molar-refractivity contribution in [2.45, 2.75) is 52.6 Å². The van der Waals surface area contributed by atoms with Gasteiger partial charge in [0.25, 0.3) is 0 Å². The summed E-state index contributed by atoms with van der Waals surface area (Å²) in [5, 5.41) is 2.60. The Morgan fingerprint density at radius 2 is 1.44 bits per heavy atom. The van der Waals surface area contributed by atoms with E-state index in [-0.39, 0.29) is 17.4 Å². The second-order valence-electron chi connectivity index (χ2n) is 8.87. The highest BCUT2D eigenvalue weighted by Crippen LogP contribution is 2.39. The minimum atomic E-state index is -1.83. The van der Waals surface area contributed by atoms with Crippen LogP contribution >= 0.6 is 0 Å². The van der Waals surface area contributed by atoms with Crippen LogP contribution in [0, 0.1) is 17.3 Å². The van der Waals surface area contributed by atoms with Crippen LogP contribution in [0.15, 0.2) is 60.7 Å². The first-order chi connectivity index (χ1) is 13.0. The second kappa shape index (κ2) is 8.98. The smallest absolute Gasteiger partial charge is 0.240 e. The van der Waals surface area contributed by atoms with Crippen LogP contribution < -0.4 is 10.4 Å². The molecule has 0 heterocycles. The van der Waals surface area contributed by atoms with Crippen LogP contribution in [0.1, 0.15) is 46.5 Å². The summed E-state index contributed by atoms with van der Waals surface area (Å²) in [6.45, 7) is 6.78. The zero-order chi connectivity index (χ0) is 19.3. The summed E-state index contributed by atoms with van der Waals surface area (Å²) in [6, 6.07) is 21.3. The molecule has 1 saturated carbocycles. The molecule has 1 fully saturated rings. The number of hydrogen-bond acceptors (Lipinski definition) is 2. The number of rotatable bonds is 6. The average Bonchev–Trinajstić information content (AvgIpc) is 2.69. The molecule has 0 radical (unpaired) electrons. The van der Waals surface area contributed by atoms with Gasteiger partial charge in [0, 0.05) is 5.92 Å². The summed E-state index contributed by atoms with van der Waals surface area (Å²) >= 11 is 0. The van der Waals surface area contributed by atoms with E-state index < -0.39 is 9.04 Å². The molecule has 0 aromatic heterocycles. The Kier molecular flexibility index (Phi) is 6.67. The standard InChI is InChI=1S/C24H32O2Si/c1-24(2,3)23(22-17-11-10-12-19(22)18-25)26-27(20-13-6-4-7-14-20)21-15-8-5-9-16-21/h4-9,13-16,18-19,22-23,27H,10-12,17H2,1-3H3/t19-,22-,23?/m0/s1. The zero-order valence-electron chi connectivity index (χ0n) is 16.8. The molecule has 3 atom stereocenters. The van der Waals surface area contributed by atoms with E-state index in [1.165, 1.54) is 23.1 Å². The van der Waals surface area contributed by atoms with Crippen molar-refractivity contribution < 1.29 is 9.22 Å². The SMILES string of the molecule is CC(C)(C)C(O[SiH](c1ccccc1)c1ccccc1)[C@H]1CCCC[C@H]1C=O. The highest BCUT2D eigenvalue weighted by Gasteiger charge is 2.40. The molecule has 1 aliphatic carbocycles. The van der Waals surface area contributed by atoms with Gasteiger partial charge in [0.05, 0.1) is 6.10 Å². The fraction of sp³-hybridized carbons (Fsp3) is 0.458. The van der Waals surface area contributed by atoms with Gasteiger partial charge in [0.1, 0.15) is 6.29 Å². The van der Waals surface area contributed by atoms with Gasteiger partial charge < -0.3 is 9.22 Å². The van der Waals surface area contributed by atoms with Crippen molar-refractivity contribution in [3.8, 4) is 0 Å². The van der Waals surface area contributed by atoms with Gasteiger partial charge in [-0.05, 0) is 34.5 Å². The highest BCUT2D eigenvalue weighted by molar-refractivity contribution is 6.80. The number of benzene rings is 2. The van der Waals surface area contributed by atoms with Crippen molar-refractivity contribution in [2.24, 2.45) is 17.3 Å². The first-order valence-corrected chi connectivity index (χ1v) is 11.8. The summed E-state index contributed by atoms with van der Waals surface area (Å²) in [7, 11) is -1.83. The minimum Gasteiger partial charge on any atom is -0.407 e. The summed E-state index contributed by atoms with van der Waals surface area (Å²) in [5.74, 6) is 0.447. The quantitative estimate of drug-likeness (QED) is 0.560. The van der Waals surface area contributed by atoms with Crippen molar-refractivity contribution in [3.05, 3.63) is 60.7 Å². The Morgan fingerprint density at radius 1 is 0.926 bits per heavy atom. The van der Waals surface area contributed by atoms with Crippen LogP contribution in [0.2, 0.25) is 0 Å². The Morgan fingerprint density at radius 3 is 1.93 bits per heavy atom. The Labute approximate surface area is 165 Å². The largest absolute Gasteiger partial charge is 0.407 e. The Hall–Kier alpha value is -1.71. The number of hydrogen-bond donors (Lipinski definition) is 0. The third-order valence-corrected chi connectivity index (χ3v) is 8.33. The van der Waals surface area contributed by atoms with Gasteiger partial charge in [0.2, 0.25) is 9.04 Å². The fourth-order valence-corrected chi connectivity index (χ4v) is 7.18. The predicted octanol–water partition coefficient (Wildman–Crippen LogP) is 3.96. The van der Waals surface area contributed by atoms with Gasteiger partial charge in [-0.3, -0.25) is 0 Å². The fourth-order valence-electron chi connectivity index (χ4n) is 4.43. The molecule has 1 aliphatic rings. The van der Waals surface area contributed by atoms with Crippen LogP contribution in [0.25, 0.3) is 0 Å². The summed E-state index contributed by atoms with van der Waals surface area (Å²) in [6.07, 6.45) is 5.74. The summed E-state index contributed by atoms with van der Waals surface area (Å²) in [5.41, 5.74) is -0.00191. The van der Waals surface area contributed by atoms with E-state index in [1.54, 1.807) is 0 Å². The third kappa shape index (κ3) is 4.97. The molecule has 27 heavy (non-hydrogen) atoms. The Balaban J connectivity index is 1.96. The van der Waals surface area contributed by atoms with E-state index in [1.807, 2.05) is 0 Å². The molecule has 3 rings (SSSR count). The summed E-state index contributed by atoms with van der Waals surface area (Å²) in [4.78, 5) is 11.8. The number of carbonyl (C=O) groups is 1. The lowest BCUT2D eigenvalue weighted by atomic mass is 9.70. The Bertz CT molecular complexity index is 669. The third-order valence-electron chi connectivity index (χ3n) is 5.78. The molecule has 3 heteroatoms. The van der Waals surface area contributed by atoms with Crippen LogP contribution in [0.4, 0.5) is 0 Å². The molecule has 2 nitrogen and oxygen atoms in total. The van der Waals surface area contributed by atoms with Crippen molar-refractivity contribution in [2.75, 3.05) is 0 Å². The molecule has 2 aromatic carbocycles. The normalized spacial score (nSPS) is 21.8.